The number of urea groups is 1. The predicted molar refractivity (Wildman–Crippen MR) is 129 cm³/mol. The van der Waals surface area contributed by atoms with E-state index >= 15 is 0 Å². The first-order valence-electron chi connectivity index (χ1n) is 11.5. The van der Waals surface area contributed by atoms with Crippen LogP contribution in [0, 0.1) is 0 Å². The average molecular weight is 541 g/mol. The third kappa shape index (κ3) is 5.79. The van der Waals surface area contributed by atoms with Gasteiger partial charge in [0, 0.05) is 44.2 Å². The van der Waals surface area contributed by atoms with Gasteiger partial charge < -0.3 is 19.3 Å². The van der Waals surface area contributed by atoms with Crippen molar-refractivity contribution in [1.82, 2.24) is 19.4 Å². The van der Waals surface area contributed by atoms with Crippen LogP contribution >= 0.6 is 22.9 Å². The number of amides is 2. The van der Waals surface area contributed by atoms with E-state index < -0.39 is 6.36 Å². The lowest BCUT2D eigenvalue weighted by molar-refractivity contribution is -0.274. The van der Waals surface area contributed by atoms with E-state index in [-0.39, 0.29) is 23.6 Å². The Balaban J connectivity index is 1.39. The number of likely N-dealkylation sites (tertiary alicyclic amines) is 1. The van der Waals surface area contributed by atoms with Gasteiger partial charge in [-0.25, -0.2) is 9.78 Å². The van der Waals surface area contributed by atoms with Crippen LogP contribution in [0.3, 0.4) is 0 Å². The number of halogens is 4. The molecule has 2 aliphatic rings. The van der Waals surface area contributed by atoms with Crippen molar-refractivity contribution in [2.45, 2.75) is 24.6 Å². The summed E-state index contributed by atoms with van der Waals surface area (Å²) in [6, 6.07) is 9.59. The highest BCUT2D eigenvalue weighted by Gasteiger charge is 2.35. The molecular formula is C24H24ClF3N4O3S. The zero-order valence-electron chi connectivity index (χ0n) is 19.2. The number of alkyl halides is 3. The molecule has 3 aromatic rings. The Morgan fingerprint density at radius 2 is 1.78 bits per heavy atom. The van der Waals surface area contributed by atoms with Crippen molar-refractivity contribution in [3.8, 4) is 10.8 Å². The first kappa shape index (κ1) is 24.9. The Hall–Kier alpha value is -2.76. The van der Waals surface area contributed by atoms with Crippen molar-refractivity contribution in [3.05, 3.63) is 64.5 Å². The molecule has 0 saturated carbocycles. The van der Waals surface area contributed by atoms with Crippen LogP contribution in [0.5, 0.6) is 5.75 Å². The molecule has 36 heavy (non-hydrogen) atoms. The van der Waals surface area contributed by atoms with Gasteiger partial charge in [0.15, 0.2) is 0 Å². The molecule has 0 bridgehead atoms. The summed E-state index contributed by atoms with van der Waals surface area (Å²) in [5.41, 5.74) is 1.69. The number of imidazole rings is 1. The third-order valence-electron chi connectivity index (χ3n) is 6.42. The van der Waals surface area contributed by atoms with E-state index in [0.717, 1.165) is 16.3 Å². The summed E-state index contributed by atoms with van der Waals surface area (Å²) in [4.78, 5) is 21.6. The molecule has 1 aromatic carbocycles. The molecule has 0 spiro atoms. The van der Waals surface area contributed by atoms with Crippen molar-refractivity contribution in [1.29, 1.82) is 0 Å². The molecule has 0 aliphatic carbocycles. The lowest BCUT2D eigenvalue weighted by Gasteiger charge is -2.40. The lowest BCUT2D eigenvalue weighted by Crippen LogP contribution is -2.52. The van der Waals surface area contributed by atoms with Crippen LogP contribution in [0.2, 0.25) is 4.34 Å². The number of carbonyl (C=O) groups excluding carboxylic acids is 1. The SMILES string of the molecule is O=C(N1CCOCC1)N1CC(c2ccc(OC(F)(F)F)cc2)CC(c2cn(-c3ccc(Cl)s3)cn2)C1. The van der Waals surface area contributed by atoms with Gasteiger partial charge in [0.05, 0.1) is 23.2 Å². The summed E-state index contributed by atoms with van der Waals surface area (Å²) < 4.78 is 49.7. The van der Waals surface area contributed by atoms with Gasteiger partial charge in [0.2, 0.25) is 0 Å². The third-order valence-corrected chi connectivity index (χ3v) is 7.67. The summed E-state index contributed by atoms with van der Waals surface area (Å²) in [6.45, 7) is 3.03. The van der Waals surface area contributed by atoms with E-state index in [1.165, 1.54) is 23.5 Å². The highest BCUT2D eigenvalue weighted by atomic mass is 35.5. The van der Waals surface area contributed by atoms with Gasteiger partial charge in [-0.05, 0) is 36.2 Å². The number of benzene rings is 1. The Bertz CT molecular complexity index is 1190. The van der Waals surface area contributed by atoms with E-state index in [1.54, 1.807) is 23.4 Å². The monoisotopic (exact) mass is 540 g/mol. The summed E-state index contributed by atoms with van der Waals surface area (Å²) >= 11 is 7.52. The van der Waals surface area contributed by atoms with Crippen LogP contribution in [0.4, 0.5) is 18.0 Å². The van der Waals surface area contributed by atoms with E-state index in [1.807, 2.05) is 27.8 Å². The first-order valence-corrected chi connectivity index (χ1v) is 12.7. The average Bonchev–Trinajstić information content (AvgIpc) is 3.53. The highest BCUT2D eigenvalue weighted by molar-refractivity contribution is 7.18. The van der Waals surface area contributed by atoms with Crippen LogP contribution in [0.25, 0.3) is 5.00 Å². The van der Waals surface area contributed by atoms with Crippen molar-refractivity contribution in [2.24, 2.45) is 0 Å². The first-order chi connectivity index (χ1) is 17.2. The summed E-state index contributed by atoms with van der Waals surface area (Å²) in [5, 5.41) is 0.938. The Morgan fingerprint density at radius 3 is 2.44 bits per heavy atom. The van der Waals surface area contributed by atoms with Crippen molar-refractivity contribution >= 4 is 29.0 Å². The minimum Gasteiger partial charge on any atom is -0.406 e. The van der Waals surface area contributed by atoms with Crippen LogP contribution in [-0.4, -0.2) is 71.1 Å². The van der Waals surface area contributed by atoms with Gasteiger partial charge >= 0.3 is 12.4 Å². The summed E-state index contributed by atoms with van der Waals surface area (Å²) in [7, 11) is 0. The van der Waals surface area contributed by atoms with Crippen LogP contribution in [0.15, 0.2) is 48.9 Å². The second kappa shape index (κ2) is 10.3. The van der Waals surface area contributed by atoms with Gasteiger partial charge in [-0.3, -0.25) is 4.57 Å². The van der Waals surface area contributed by atoms with Crippen LogP contribution in [0.1, 0.15) is 29.5 Å². The molecule has 2 amide bonds. The quantitative estimate of drug-likeness (QED) is 0.438. The van der Waals surface area contributed by atoms with Crippen molar-refractivity contribution < 1.29 is 27.4 Å². The van der Waals surface area contributed by atoms with Gasteiger partial charge in [-0.2, -0.15) is 0 Å². The van der Waals surface area contributed by atoms with Gasteiger partial charge in [-0.1, -0.05) is 23.7 Å². The summed E-state index contributed by atoms with van der Waals surface area (Å²) in [5.74, 6) is -0.389. The number of piperidine rings is 1. The molecular weight excluding hydrogens is 517 g/mol. The Labute approximate surface area is 215 Å². The second-order valence-corrected chi connectivity index (χ2v) is 10.5. The molecule has 12 heteroatoms. The van der Waals surface area contributed by atoms with Crippen molar-refractivity contribution in [3.63, 3.8) is 0 Å². The number of rotatable bonds is 4. The maximum absolute atomic E-state index is 13.4. The van der Waals surface area contributed by atoms with Gasteiger partial charge in [0.1, 0.15) is 17.1 Å². The molecule has 2 atom stereocenters. The topological polar surface area (TPSA) is 59.8 Å². The zero-order chi connectivity index (χ0) is 25.3. The molecule has 2 fully saturated rings. The second-order valence-electron chi connectivity index (χ2n) is 8.82. The Kier molecular flexibility index (Phi) is 7.14. The summed E-state index contributed by atoms with van der Waals surface area (Å²) in [6.07, 6.45) is -0.357. The molecule has 0 radical (unpaired) electrons. The van der Waals surface area contributed by atoms with Crippen molar-refractivity contribution in [2.75, 3.05) is 39.4 Å². The molecule has 2 saturated heterocycles. The number of aromatic nitrogens is 2. The largest absolute Gasteiger partial charge is 0.573 e. The van der Waals surface area contributed by atoms with Crippen LogP contribution in [-0.2, 0) is 4.74 Å². The lowest BCUT2D eigenvalue weighted by atomic mass is 9.83. The fraction of sp³-hybridized carbons (Fsp3) is 0.417. The van der Waals surface area contributed by atoms with Gasteiger partial charge in [0.25, 0.3) is 0 Å². The van der Waals surface area contributed by atoms with Gasteiger partial charge in [-0.15, -0.1) is 24.5 Å². The number of carbonyl (C=O) groups is 1. The molecule has 2 aromatic heterocycles. The molecule has 4 heterocycles. The number of thiophene rings is 1. The molecule has 192 valence electrons. The number of nitrogens with zero attached hydrogens (tertiary/aromatic N) is 4. The van der Waals surface area contributed by atoms with Crippen LogP contribution < -0.4 is 4.74 Å². The molecule has 2 aliphatic heterocycles. The standard InChI is InChI=1S/C24H24ClF3N4O3S/c25-21-5-6-22(36-21)32-14-20(29-15-32)18-11-17(16-1-3-19(4-2-16)35-24(26,27)28)12-31(13-18)23(33)30-7-9-34-10-8-30/h1-6,14-15,17-18H,7-13H2. The fourth-order valence-corrected chi connectivity index (χ4v) is 5.70. The number of hydrogen-bond donors (Lipinski definition) is 0. The smallest absolute Gasteiger partial charge is 0.406 e. The van der Waals surface area contributed by atoms with E-state index in [2.05, 4.69) is 9.72 Å². The fourth-order valence-electron chi connectivity index (χ4n) is 4.72. The highest BCUT2D eigenvalue weighted by Crippen LogP contribution is 2.37. The Morgan fingerprint density at radius 1 is 1.06 bits per heavy atom. The molecule has 0 N–H and O–H groups in total. The molecule has 2 unspecified atom stereocenters. The van der Waals surface area contributed by atoms with E-state index in [0.29, 0.717) is 50.1 Å². The van der Waals surface area contributed by atoms with E-state index in [4.69, 9.17) is 16.3 Å². The van der Waals surface area contributed by atoms with E-state index in [9.17, 15) is 18.0 Å². The number of hydrogen-bond acceptors (Lipinski definition) is 5. The minimum absolute atomic E-state index is 0.0449. The normalized spacial score (nSPS) is 21.0. The maximum Gasteiger partial charge on any atom is 0.573 e. The minimum atomic E-state index is -4.75. The number of morpholine rings is 1. The zero-order valence-corrected chi connectivity index (χ0v) is 20.7. The number of ether oxygens (including phenoxy) is 2. The molecule has 5 rings (SSSR count). The molecule has 7 nitrogen and oxygen atoms in total. The predicted octanol–water partition coefficient (Wildman–Crippen LogP) is 5.51. The maximum atomic E-state index is 13.4.